The van der Waals surface area contributed by atoms with Crippen molar-refractivity contribution < 1.29 is 4.79 Å². The molecule has 6 nitrogen and oxygen atoms in total. The Labute approximate surface area is 104 Å². The first-order valence-electron chi connectivity index (χ1n) is 5.39. The van der Waals surface area contributed by atoms with Crippen molar-refractivity contribution >= 4 is 29.3 Å². The Morgan fingerprint density at radius 1 is 1.65 bits per heavy atom. The minimum Gasteiger partial charge on any atom is -0.383 e. The second-order valence-corrected chi connectivity index (χ2v) is 4.62. The summed E-state index contributed by atoms with van der Waals surface area (Å²) in [6.45, 7) is 0.663. The fourth-order valence-corrected chi connectivity index (χ4v) is 2.07. The van der Waals surface area contributed by atoms with Gasteiger partial charge in [0.2, 0.25) is 5.91 Å². The van der Waals surface area contributed by atoms with E-state index in [0.717, 1.165) is 6.42 Å². The third-order valence-electron chi connectivity index (χ3n) is 2.52. The van der Waals surface area contributed by atoms with Gasteiger partial charge >= 0.3 is 0 Å². The molecule has 0 bridgehead atoms. The zero-order valence-corrected chi connectivity index (χ0v) is 10.4. The van der Waals surface area contributed by atoms with Gasteiger partial charge < -0.3 is 16.4 Å². The minimum absolute atomic E-state index is 0.115. The van der Waals surface area contributed by atoms with Crippen LogP contribution in [-0.4, -0.2) is 34.7 Å². The Kier molecular flexibility index (Phi) is 3.68. The van der Waals surface area contributed by atoms with Crippen molar-refractivity contribution in [1.82, 2.24) is 15.3 Å². The molecule has 0 spiro atoms. The van der Waals surface area contributed by atoms with Gasteiger partial charge in [-0.2, -0.15) is 0 Å². The maximum absolute atomic E-state index is 11.0. The van der Waals surface area contributed by atoms with Gasteiger partial charge in [-0.3, -0.25) is 4.79 Å². The second-order valence-electron chi connectivity index (χ2n) is 3.85. The van der Waals surface area contributed by atoms with Gasteiger partial charge in [0.25, 0.3) is 0 Å². The number of nitrogens with two attached hydrogens (primary N) is 1. The highest BCUT2D eigenvalue weighted by molar-refractivity contribution is 7.98. The van der Waals surface area contributed by atoms with E-state index >= 15 is 0 Å². The first kappa shape index (κ1) is 12.0. The monoisotopic (exact) mass is 253 g/mol. The Bertz CT molecular complexity index is 425. The van der Waals surface area contributed by atoms with Gasteiger partial charge in [-0.15, -0.1) is 0 Å². The average Bonchev–Trinajstić information content (AvgIpc) is 2.72. The highest BCUT2D eigenvalue weighted by Gasteiger charge is 2.20. The van der Waals surface area contributed by atoms with Gasteiger partial charge in [-0.05, 0) is 12.7 Å². The Morgan fingerprint density at radius 2 is 2.47 bits per heavy atom. The summed E-state index contributed by atoms with van der Waals surface area (Å²) in [4.78, 5) is 19.4. The van der Waals surface area contributed by atoms with Gasteiger partial charge in [-0.25, -0.2) is 9.97 Å². The number of aromatic nitrogens is 2. The van der Waals surface area contributed by atoms with E-state index in [4.69, 9.17) is 5.73 Å². The molecule has 92 valence electrons. The number of anilines is 2. The van der Waals surface area contributed by atoms with Crippen LogP contribution < -0.4 is 16.4 Å². The molecule has 0 aromatic carbocycles. The van der Waals surface area contributed by atoms with E-state index in [2.05, 4.69) is 20.6 Å². The van der Waals surface area contributed by atoms with Crippen LogP contribution in [0.3, 0.4) is 0 Å². The fourth-order valence-electron chi connectivity index (χ4n) is 1.68. The predicted molar refractivity (Wildman–Crippen MR) is 67.9 cm³/mol. The Morgan fingerprint density at radius 3 is 3.12 bits per heavy atom. The average molecular weight is 253 g/mol. The number of thioether (sulfide) groups is 1. The molecule has 1 fully saturated rings. The SMILES string of the molecule is CSc1nc(N)cc(NCC2CCC(=O)N2)n1. The number of carbonyl (C=O) groups is 1. The molecule has 1 aromatic heterocycles. The molecule has 1 amide bonds. The molecule has 1 atom stereocenters. The summed E-state index contributed by atoms with van der Waals surface area (Å²) in [5.74, 6) is 1.26. The zero-order chi connectivity index (χ0) is 12.3. The van der Waals surface area contributed by atoms with Crippen LogP contribution in [-0.2, 0) is 4.79 Å². The van der Waals surface area contributed by atoms with Crippen molar-refractivity contribution in [3.8, 4) is 0 Å². The van der Waals surface area contributed by atoms with Crippen molar-refractivity contribution in [2.24, 2.45) is 0 Å². The minimum atomic E-state index is 0.115. The number of hydrogen-bond donors (Lipinski definition) is 3. The molecule has 1 saturated heterocycles. The van der Waals surface area contributed by atoms with E-state index in [1.54, 1.807) is 6.07 Å². The molecule has 0 saturated carbocycles. The quantitative estimate of drug-likeness (QED) is 0.533. The molecular weight excluding hydrogens is 238 g/mol. The van der Waals surface area contributed by atoms with Crippen molar-refractivity contribution in [2.45, 2.75) is 24.0 Å². The number of nitrogen functional groups attached to an aromatic ring is 1. The summed E-state index contributed by atoms with van der Waals surface area (Å²) >= 11 is 1.44. The van der Waals surface area contributed by atoms with Gasteiger partial charge in [0.05, 0.1) is 0 Å². The fraction of sp³-hybridized carbons (Fsp3) is 0.500. The Balaban J connectivity index is 1.94. The number of carbonyl (C=O) groups excluding carboxylic acids is 1. The smallest absolute Gasteiger partial charge is 0.220 e. The molecule has 0 radical (unpaired) electrons. The normalized spacial score (nSPS) is 19.1. The van der Waals surface area contributed by atoms with Crippen molar-refractivity contribution in [3.05, 3.63) is 6.07 Å². The van der Waals surface area contributed by atoms with Crippen molar-refractivity contribution in [1.29, 1.82) is 0 Å². The van der Waals surface area contributed by atoms with E-state index in [1.807, 2.05) is 6.26 Å². The summed E-state index contributed by atoms with van der Waals surface area (Å²) in [7, 11) is 0. The lowest BCUT2D eigenvalue weighted by molar-refractivity contribution is -0.119. The van der Waals surface area contributed by atoms with Gasteiger partial charge in [0.15, 0.2) is 5.16 Å². The molecule has 1 unspecified atom stereocenters. The van der Waals surface area contributed by atoms with Gasteiger partial charge in [0.1, 0.15) is 11.6 Å². The van der Waals surface area contributed by atoms with Crippen LogP contribution in [0.2, 0.25) is 0 Å². The molecule has 2 rings (SSSR count). The predicted octanol–water partition coefficient (Wildman–Crippen LogP) is 0.471. The number of hydrogen-bond acceptors (Lipinski definition) is 6. The number of nitrogens with one attached hydrogen (secondary N) is 2. The van der Waals surface area contributed by atoms with Crippen LogP contribution >= 0.6 is 11.8 Å². The summed E-state index contributed by atoms with van der Waals surface area (Å²) in [6, 6.07) is 1.87. The van der Waals surface area contributed by atoms with Crippen LogP contribution in [0.5, 0.6) is 0 Å². The Hall–Kier alpha value is -1.50. The highest BCUT2D eigenvalue weighted by Crippen LogP contribution is 2.15. The van der Waals surface area contributed by atoms with Crippen LogP contribution in [0.15, 0.2) is 11.2 Å². The number of rotatable bonds is 4. The number of nitrogens with zero attached hydrogens (tertiary/aromatic N) is 2. The summed E-state index contributed by atoms with van der Waals surface area (Å²) < 4.78 is 0. The lowest BCUT2D eigenvalue weighted by atomic mass is 10.2. The topological polar surface area (TPSA) is 92.9 Å². The molecule has 2 heterocycles. The molecule has 4 N–H and O–H groups in total. The van der Waals surface area contributed by atoms with Crippen LogP contribution in [0.25, 0.3) is 0 Å². The largest absolute Gasteiger partial charge is 0.383 e. The molecule has 17 heavy (non-hydrogen) atoms. The molecule has 1 aliphatic rings. The highest BCUT2D eigenvalue weighted by atomic mass is 32.2. The van der Waals surface area contributed by atoms with Crippen LogP contribution in [0.4, 0.5) is 11.6 Å². The summed E-state index contributed by atoms with van der Waals surface area (Å²) in [5, 5.41) is 6.69. The third-order valence-corrected chi connectivity index (χ3v) is 3.07. The molecular formula is C10H15N5OS. The lowest BCUT2D eigenvalue weighted by Gasteiger charge is -2.12. The van der Waals surface area contributed by atoms with E-state index in [-0.39, 0.29) is 11.9 Å². The van der Waals surface area contributed by atoms with Crippen molar-refractivity contribution in [2.75, 3.05) is 23.9 Å². The zero-order valence-electron chi connectivity index (χ0n) is 9.56. The van der Waals surface area contributed by atoms with Gasteiger partial charge in [-0.1, -0.05) is 11.8 Å². The molecule has 0 aliphatic carbocycles. The van der Waals surface area contributed by atoms with Crippen molar-refractivity contribution in [3.63, 3.8) is 0 Å². The van der Waals surface area contributed by atoms with E-state index in [1.165, 1.54) is 11.8 Å². The molecule has 1 aromatic rings. The van der Waals surface area contributed by atoms with Crippen LogP contribution in [0.1, 0.15) is 12.8 Å². The first-order valence-corrected chi connectivity index (χ1v) is 6.61. The maximum Gasteiger partial charge on any atom is 0.220 e. The van der Waals surface area contributed by atoms with E-state index in [9.17, 15) is 4.79 Å². The standard InChI is InChI=1S/C10H15N5OS/c1-17-10-14-7(11)4-8(15-10)12-5-6-2-3-9(16)13-6/h4,6H,2-3,5H2,1H3,(H,13,16)(H3,11,12,14,15). The molecule has 7 heteroatoms. The van der Waals surface area contributed by atoms with E-state index in [0.29, 0.717) is 29.8 Å². The number of amides is 1. The summed E-state index contributed by atoms with van der Waals surface area (Å²) in [6.07, 6.45) is 3.37. The second kappa shape index (κ2) is 5.22. The lowest BCUT2D eigenvalue weighted by Crippen LogP contribution is -2.32. The van der Waals surface area contributed by atoms with Gasteiger partial charge in [0, 0.05) is 25.1 Å². The summed E-state index contributed by atoms with van der Waals surface area (Å²) in [5.41, 5.74) is 5.67. The van der Waals surface area contributed by atoms with Crippen LogP contribution in [0, 0.1) is 0 Å². The first-order chi connectivity index (χ1) is 8.17. The van der Waals surface area contributed by atoms with E-state index < -0.39 is 0 Å². The third kappa shape index (κ3) is 3.23. The maximum atomic E-state index is 11.0. The molecule has 1 aliphatic heterocycles.